The van der Waals surface area contributed by atoms with E-state index in [1.807, 2.05) is 32.9 Å². The molecular formula is C16H23N3O3S. The minimum Gasteiger partial charge on any atom is -0.444 e. The summed E-state index contributed by atoms with van der Waals surface area (Å²) >= 11 is 1.56. The van der Waals surface area contributed by atoms with Crippen molar-refractivity contribution in [3.05, 3.63) is 30.1 Å². The van der Waals surface area contributed by atoms with Crippen LogP contribution in [-0.2, 0) is 16.1 Å². The first-order valence-corrected chi connectivity index (χ1v) is 8.64. The van der Waals surface area contributed by atoms with E-state index in [9.17, 15) is 9.59 Å². The second-order valence-corrected chi connectivity index (χ2v) is 7.52. The standard InChI is InChI=1S/C16H23N3O3S/c1-16(2,3)22-15(21)19-11-23-10-13(19)14(20)18(4)9-12-5-7-17-8-6-12/h5-8,13H,9-11H2,1-4H3/t13-/m0/s1. The summed E-state index contributed by atoms with van der Waals surface area (Å²) < 4.78 is 5.39. The molecule has 0 aliphatic carbocycles. The number of nitrogens with zero attached hydrogens (tertiary/aromatic N) is 3. The molecule has 1 saturated heterocycles. The van der Waals surface area contributed by atoms with Crippen LogP contribution < -0.4 is 0 Å². The van der Waals surface area contributed by atoms with Crippen molar-refractivity contribution < 1.29 is 14.3 Å². The lowest BCUT2D eigenvalue weighted by Crippen LogP contribution is -2.49. The van der Waals surface area contributed by atoms with E-state index < -0.39 is 17.7 Å². The van der Waals surface area contributed by atoms with Crippen molar-refractivity contribution >= 4 is 23.8 Å². The molecule has 6 nitrogen and oxygen atoms in total. The van der Waals surface area contributed by atoms with E-state index in [2.05, 4.69) is 4.98 Å². The third kappa shape index (κ3) is 4.86. The van der Waals surface area contributed by atoms with Crippen molar-refractivity contribution in [1.82, 2.24) is 14.8 Å². The van der Waals surface area contributed by atoms with Crippen molar-refractivity contribution in [1.29, 1.82) is 0 Å². The van der Waals surface area contributed by atoms with E-state index >= 15 is 0 Å². The van der Waals surface area contributed by atoms with E-state index in [4.69, 9.17) is 4.74 Å². The highest BCUT2D eigenvalue weighted by atomic mass is 32.2. The summed E-state index contributed by atoms with van der Waals surface area (Å²) in [7, 11) is 1.75. The maximum atomic E-state index is 12.7. The highest BCUT2D eigenvalue weighted by molar-refractivity contribution is 7.99. The Labute approximate surface area is 141 Å². The van der Waals surface area contributed by atoms with E-state index in [0.29, 0.717) is 18.2 Å². The predicted molar refractivity (Wildman–Crippen MR) is 89.9 cm³/mol. The topological polar surface area (TPSA) is 62.7 Å². The average Bonchev–Trinajstić information content (AvgIpc) is 2.95. The highest BCUT2D eigenvalue weighted by Crippen LogP contribution is 2.25. The Morgan fingerprint density at radius 3 is 2.65 bits per heavy atom. The van der Waals surface area contributed by atoms with Crippen molar-refractivity contribution in [3.63, 3.8) is 0 Å². The predicted octanol–water partition coefficient (Wildman–Crippen LogP) is 2.35. The van der Waals surface area contributed by atoms with Gasteiger partial charge in [0.05, 0.1) is 5.88 Å². The van der Waals surface area contributed by atoms with Gasteiger partial charge in [-0.15, -0.1) is 11.8 Å². The van der Waals surface area contributed by atoms with Crippen LogP contribution in [0.1, 0.15) is 26.3 Å². The quantitative estimate of drug-likeness (QED) is 0.847. The smallest absolute Gasteiger partial charge is 0.411 e. The minimum absolute atomic E-state index is 0.0716. The molecule has 1 fully saturated rings. The van der Waals surface area contributed by atoms with Gasteiger partial charge in [-0.1, -0.05) is 0 Å². The van der Waals surface area contributed by atoms with Crippen LogP contribution in [0.4, 0.5) is 4.79 Å². The first-order valence-electron chi connectivity index (χ1n) is 7.49. The molecule has 2 heterocycles. The lowest BCUT2D eigenvalue weighted by atomic mass is 10.2. The Bertz CT molecular complexity index is 559. The molecule has 2 amide bonds. The van der Waals surface area contributed by atoms with Gasteiger partial charge in [0.2, 0.25) is 5.91 Å². The molecule has 0 N–H and O–H groups in total. The van der Waals surface area contributed by atoms with E-state index in [0.717, 1.165) is 5.56 Å². The molecule has 7 heteroatoms. The van der Waals surface area contributed by atoms with Gasteiger partial charge in [0.15, 0.2) is 0 Å². The number of pyridine rings is 1. The van der Waals surface area contributed by atoms with Crippen molar-refractivity contribution in [2.45, 2.75) is 39.0 Å². The zero-order chi connectivity index (χ0) is 17.0. The van der Waals surface area contributed by atoms with Crippen LogP contribution in [0.25, 0.3) is 0 Å². The third-order valence-corrected chi connectivity index (χ3v) is 4.35. The van der Waals surface area contributed by atoms with E-state index in [1.54, 1.807) is 36.1 Å². The molecule has 126 valence electrons. The summed E-state index contributed by atoms with van der Waals surface area (Å²) in [4.78, 5) is 32.1. The summed E-state index contributed by atoms with van der Waals surface area (Å²) in [5.41, 5.74) is 0.436. The average molecular weight is 337 g/mol. The summed E-state index contributed by atoms with van der Waals surface area (Å²) in [5.74, 6) is 1.00. The van der Waals surface area contributed by atoms with Gasteiger partial charge in [-0.25, -0.2) is 4.79 Å². The Morgan fingerprint density at radius 1 is 1.39 bits per heavy atom. The molecule has 0 spiro atoms. The molecule has 1 aromatic heterocycles. The Hall–Kier alpha value is -1.76. The fourth-order valence-corrected chi connectivity index (χ4v) is 3.38. The number of aromatic nitrogens is 1. The number of hydrogen-bond acceptors (Lipinski definition) is 5. The van der Waals surface area contributed by atoms with Crippen LogP contribution in [-0.4, -0.2) is 57.1 Å². The Kier molecular flexibility index (Phi) is 5.51. The number of hydrogen-bond donors (Lipinski definition) is 0. The Balaban J connectivity index is 2.01. The van der Waals surface area contributed by atoms with Crippen LogP contribution in [0.3, 0.4) is 0 Å². The second-order valence-electron chi connectivity index (χ2n) is 6.52. The fraction of sp³-hybridized carbons (Fsp3) is 0.562. The van der Waals surface area contributed by atoms with Gasteiger partial charge in [0.25, 0.3) is 0 Å². The molecule has 1 atom stereocenters. The largest absolute Gasteiger partial charge is 0.444 e. The summed E-state index contributed by atoms with van der Waals surface area (Å²) in [6, 6.07) is 3.28. The summed E-state index contributed by atoms with van der Waals surface area (Å²) in [6.07, 6.45) is 2.97. The summed E-state index contributed by atoms with van der Waals surface area (Å²) in [6.45, 7) is 5.95. The molecule has 2 rings (SSSR count). The van der Waals surface area contributed by atoms with Gasteiger partial charge in [0, 0.05) is 31.7 Å². The number of ether oxygens (including phenoxy) is 1. The van der Waals surface area contributed by atoms with Crippen LogP contribution in [0.15, 0.2) is 24.5 Å². The molecule has 1 aromatic rings. The summed E-state index contributed by atoms with van der Waals surface area (Å²) in [5, 5.41) is 0. The normalized spacial score (nSPS) is 17.9. The first-order chi connectivity index (χ1) is 10.8. The van der Waals surface area contributed by atoms with Crippen LogP contribution in [0.5, 0.6) is 0 Å². The van der Waals surface area contributed by atoms with Crippen LogP contribution >= 0.6 is 11.8 Å². The number of thioether (sulfide) groups is 1. The van der Waals surface area contributed by atoms with Gasteiger partial charge in [-0.05, 0) is 38.5 Å². The van der Waals surface area contributed by atoms with Crippen molar-refractivity contribution in [3.8, 4) is 0 Å². The molecule has 0 unspecified atom stereocenters. The van der Waals surface area contributed by atoms with Gasteiger partial charge in [0.1, 0.15) is 11.6 Å². The Morgan fingerprint density at radius 2 is 2.04 bits per heavy atom. The molecule has 1 aliphatic rings. The fourth-order valence-electron chi connectivity index (χ4n) is 2.24. The molecular weight excluding hydrogens is 314 g/mol. The van der Waals surface area contributed by atoms with Gasteiger partial charge in [-0.3, -0.25) is 14.7 Å². The second kappa shape index (κ2) is 7.21. The van der Waals surface area contributed by atoms with Gasteiger partial charge < -0.3 is 9.64 Å². The lowest BCUT2D eigenvalue weighted by molar-refractivity contribution is -0.134. The highest BCUT2D eigenvalue weighted by Gasteiger charge is 2.38. The van der Waals surface area contributed by atoms with Crippen LogP contribution in [0, 0.1) is 0 Å². The minimum atomic E-state index is -0.569. The molecule has 1 aliphatic heterocycles. The SMILES string of the molecule is CN(Cc1ccncc1)C(=O)[C@@H]1CSCN1C(=O)OC(C)(C)C. The van der Waals surface area contributed by atoms with Crippen LogP contribution in [0.2, 0.25) is 0 Å². The van der Waals surface area contributed by atoms with Crippen molar-refractivity contribution in [2.24, 2.45) is 0 Å². The number of carbonyl (C=O) groups excluding carboxylic acids is 2. The molecule has 0 aromatic carbocycles. The maximum absolute atomic E-state index is 12.7. The zero-order valence-electron chi connectivity index (χ0n) is 14.0. The van der Waals surface area contributed by atoms with E-state index in [1.165, 1.54) is 4.90 Å². The first kappa shape index (κ1) is 17.6. The van der Waals surface area contributed by atoms with E-state index in [-0.39, 0.29) is 5.91 Å². The number of rotatable bonds is 3. The third-order valence-electron chi connectivity index (χ3n) is 3.34. The molecule has 0 radical (unpaired) electrons. The number of carbonyl (C=O) groups is 2. The van der Waals surface area contributed by atoms with Gasteiger partial charge >= 0.3 is 6.09 Å². The zero-order valence-corrected chi connectivity index (χ0v) is 14.8. The maximum Gasteiger partial charge on any atom is 0.411 e. The number of likely N-dealkylation sites (N-methyl/N-ethyl adjacent to an activating group) is 1. The molecule has 0 saturated carbocycles. The van der Waals surface area contributed by atoms with Crippen molar-refractivity contribution in [2.75, 3.05) is 18.7 Å². The monoisotopic (exact) mass is 337 g/mol. The molecule has 0 bridgehead atoms. The molecule has 23 heavy (non-hydrogen) atoms. The number of amides is 2. The lowest BCUT2D eigenvalue weighted by Gasteiger charge is -2.29. The van der Waals surface area contributed by atoms with Gasteiger partial charge in [-0.2, -0.15) is 0 Å².